The minimum absolute atomic E-state index is 0.0623. The Bertz CT molecular complexity index is 1000. The van der Waals surface area contributed by atoms with Gasteiger partial charge in [0, 0.05) is 31.3 Å². The quantitative estimate of drug-likeness (QED) is 0.430. The van der Waals surface area contributed by atoms with E-state index in [1.165, 1.54) is 0 Å². The first-order chi connectivity index (χ1) is 17.4. The van der Waals surface area contributed by atoms with Gasteiger partial charge in [-0.25, -0.2) is 9.59 Å². The Labute approximate surface area is 217 Å². The van der Waals surface area contributed by atoms with E-state index >= 15 is 0 Å². The van der Waals surface area contributed by atoms with E-state index in [0.717, 1.165) is 54.2 Å². The number of benzene rings is 2. The Morgan fingerprint density at radius 3 is 2.44 bits per heavy atom. The van der Waals surface area contributed by atoms with Gasteiger partial charge < -0.3 is 19.9 Å². The van der Waals surface area contributed by atoms with Crippen molar-refractivity contribution in [3.05, 3.63) is 59.7 Å². The van der Waals surface area contributed by atoms with Crippen molar-refractivity contribution in [2.45, 2.75) is 38.3 Å². The van der Waals surface area contributed by atoms with E-state index in [0.29, 0.717) is 18.1 Å². The van der Waals surface area contributed by atoms with Gasteiger partial charge in [0.1, 0.15) is 12.6 Å². The maximum atomic E-state index is 12.5. The number of carboxylic acid groups (broad SMARTS) is 1. The fourth-order valence-corrected chi connectivity index (χ4v) is 6.05. The smallest absolute Gasteiger partial charge is 0.407 e. The van der Waals surface area contributed by atoms with Crippen LogP contribution in [0.1, 0.15) is 37.3 Å². The molecule has 0 radical (unpaired) electrons. The first-order valence-corrected chi connectivity index (χ1v) is 13.8. The number of aliphatic carboxylic acids is 1. The molecule has 1 amide bonds. The van der Waals surface area contributed by atoms with Gasteiger partial charge in [-0.2, -0.15) is 11.8 Å². The Balaban J connectivity index is 1.22. The zero-order valence-electron chi connectivity index (χ0n) is 21.0. The molecule has 4 rings (SSSR count). The summed E-state index contributed by atoms with van der Waals surface area (Å²) >= 11 is 1.66. The second-order valence-electron chi connectivity index (χ2n) is 9.87. The average molecular weight is 513 g/mol. The zero-order chi connectivity index (χ0) is 25.5. The molecule has 0 aromatic heterocycles. The number of hydrogen-bond donors (Lipinski definition) is 2. The highest BCUT2D eigenvalue weighted by molar-refractivity contribution is 7.99. The van der Waals surface area contributed by atoms with E-state index in [4.69, 9.17) is 9.47 Å². The second-order valence-corrected chi connectivity index (χ2v) is 11.0. The summed E-state index contributed by atoms with van der Waals surface area (Å²) in [5.41, 5.74) is 4.54. The standard InChI is InChI=1S/C28H36N2O5S/c1-19(2)15-30-12-13-34-20(16-30)18-36-14-11-26(27(31)32)29-28(33)35-17-25-23-9-5-3-7-21(23)22-8-4-6-10-24(22)25/h3-10,19-20,25-26H,11-18H2,1-2H3,(H,29,33)(H,31,32). The molecule has 1 aliphatic heterocycles. The van der Waals surface area contributed by atoms with Crippen molar-refractivity contribution in [3.8, 4) is 11.1 Å². The van der Waals surface area contributed by atoms with Crippen LogP contribution in [0, 0.1) is 5.92 Å². The summed E-state index contributed by atoms with van der Waals surface area (Å²) in [7, 11) is 0. The molecule has 2 aromatic rings. The highest BCUT2D eigenvalue weighted by Gasteiger charge is 2.30. The molecule has 8 heteroatoms. The molecule has 7 nitrogen and oxygen atoms in total. The molecule has 0 saturated carbocycles. The molecule has 194 valence electrons. The number of rotatable bonds is 11. The minimum Gasteiger partial charge on any atom is -0.480 e. The normalized spacial score (nSPS) is 18.5. The monoisotopic (exact) mass is 512 g/mol. The van der Waals surface area contributed by atoms with Gasteiger partial charge in [-0.05, 0) is 40.3 Å². The van der Waals surface area contributed by atoms with Crippen molar-refractivity contribution in [2.75, 3.05) is 44.4 Å². The summed E-state index contributed by atoms with van der Waals surface area (Å²) in [6.07, 6.45) is -0.220. The molecule has 0 spiro atoms. The lowest BCUT2D eigenvalue weighted by Crippen LogP contribution is -2.45. The van der Waals surface area contributed by atoms with Gasteiger partial charge in [0.05, 0.1) is 12.7 Å². The van der Waals surface area contributed by atoms with Crippen molar-refractivity contribution < 1.29 is 24.2 Å². The van der Waals surface area contributed by atoms with Crippen molar-refractivity contribution in [3.63, 3.8) is 0 Å². The molecular weight excluding hydrogens is 476 g/mol. The van der Waals surface area contributed by atoms with Crippen molar-refractivity contribution in [2.24, 2.45) is 5.92 Å². The number of ether oxygens (including phenoxy) is 2. The van der Waals surface area contributed by atoms with Crippen LogP contribution in [-0.2, 0) is 14.3 Å². The van der Waals surface area contributed by atoms with Gasteiger partial charge in [-0.3, -0.25) is 4.90 Å². The number of amides is 1. The van der Waals surface area contributed by atoms with Crippen LogP contribution in [0.3, 0.4) is 0 Å². The molecule has 1 heterocycles. The van der Waals surface area contributed by atoms with E-state index in [-0.39, 0.29) is 18.6 Å². The molecule has 1 aliphatic carbocycles. The number of nitrogens with zero attached hydrogens (tertiary/aromatic N) is 1. The summed E-state index contributed by atoms with van der Waals surface area (Å²) in [4.78, 5) is 26.7. The molecule has 36 heavy (non-hydrogen) atoms. The first-order valence-electron chi connectivity index (χ1n) is 12.7. The lowest BCUT2D eigenvalue weighted by molar-refractivity contribution is -0.139. The number of carboxylic acids is 1. The Hall–Kier alpha value is -2.55. The van der Waals surface area contributed by atoms with Crippen LogP contribution in [0.4, 0.5) is 4.79 Å². The van der Waals surface area contributed by atoms with Crippen LogP contribution < -0.4 is 5.32 Å². The Kier molecular flexibility index (Phi) is 9.29. The van der Waals surface area contributed by atoms with Gasteiger partial charge >= 0.3 is 12.1 Å². The molecule has 2 aliphatic rings. The van der Waals surface area contributed by atoms with Gasteiger partial charge in [0.2, 0.25) is 0 Å². The van der Waals surface area contributed by atoms with E-state index < -0.39 is 18.1 Å². The Morgan fingerprint density at radius 1 is 1.14 bits per heavy atom. The lowest BCUT2D eigenvalue weighted by atomic mass is 9.98. The van der Waals surface area contributed by atoms with Crippen LogP contribution in [0.25, 0.3) is 11.1 Å². The van der Waals surface area contributed by atoms with Gasteiger partial charge in [0.15, 0.2) is 0 Å². The molecule has 2 unspecified atom stereocenters. The number of morpholine rings is 1. The predicted molar refractivity (Wildman–Crippen MR) is 143 cm³/mol. The second kappa shape index (κ2) is 12.6. The molecular formula is C28H36N2O5S. The van der Waals surface area contributed by atoms with Gasteiger partial charge in [-0.15, -0.1) is 0 Å². The largest absolute Gasteiger partial charge is 0.480 e. The third kappa shape index (κ3) is 6.81. The van der Waals surface area contributed by atoms with Crippen molar-refractivity contribution in [1.82, 2.24) is 10.2 Å². The van der Waals surface area contributed by atoms with Crippen LogP contribution in [0.15, 0.2) is 48.5 Å². The number of thioether (sulfide) groups is 1. The lowest BCUT2D eigenvalue weighted by Gasteiger charge is -2.33. The summed E-state index contributed by atoms with van der Waals surface area (Å²) in [5.74, 6) is 0.932. The SMILES string of the molecule is CC(C)CN1CCOC(CSCCC(NC(=O)OCC2c3ccccc3-c3ccccc32)C(=O)O)C1. The number of carbonyl (C=O) groups is 2. The number of fused-ring (bicyclic) bond motifs is 3. The average Bonchev–Trinajstić information content (AvgIpc) is 3.18. The van der Waals surface area contributed by atoms with Crippen LogP contribution >= 0.6 is 11.8 Å². The summed E-state index contributed by atoms with van der Waals surface area (Å²) in [6.45, 7) is 8.27. The first kappa shape index (κ1) is 26.5. The molecule has 1 fully saturated rings. The molecule has 2 atom stereocenters. The van der Waals surface area contributed by atoms with Crippen molar-refractivity contribution in [1.29, 1.82) is 0 Å². The fourth-order valence-electron chi connectivity index (χ4n) is 5.02. The van der Waals surface area contributed by atoms with Crippen LogP contribution in [0.2, 0.25) is 0 Å². The van der Waals surface area contributed by atoms with Crippen molar-refractivity contribution >= 4 is 23.8 Å². The van der Waals surface area contributed by atoms with E-state index in [2.05, 4.69) is 48.3 Å². The zero-order valence-corrected chi connectivity index (χ0v) is 21.8. The highest BCUT2D eigenvalue weighted by atomic mass is 32.2. The van der Waals surface area contributed by atoms with E-state index in [1.807, 2.05) is 24.3 Å². The molecule has 2 N–H and O–H groups in total. The summed E-state index contributed by atoms with van der Waals surface area (Å²) in [6, 6.07) is 15.2. The van der Waals surface area contributed by atoms with Crippen LogP contribution in [0.5, 0.6) is 0 Å². The molecule has 0 bridgehead atoms. The number of hydrogen-bond acceptors (Lipinski definition) is 6. The molecule has 2 aromatic carbocycles. The predicted octanol–water partition coefficient (Wildman–Crippen LogP) is 4.46. The number of alkyl carbamates (subject to hydrolysis) is 1. The van der Waals surface area contributed by atoms with Gasteiger partial charge in [-0.1, -0.05) is 62.4 Å². The van der Waals surface area contributed by atoms with Gasteiger partial charge in [0.25, 0.3) is 0 Å². The number of nitrogens with one attached hydrogen (secondary N) is 1. The Morgan fingerprint density at radius 2 is 1.81 bits per heavy atom. The third-order valence-electron chi connectivity index (χ3n) is 6.63. The van der Waals surface area contributed by atoms with Crippen LogP contribution in [-0.4, -0.2) is 78.6 Å². The highest BCUT2D eigenvalue weighted by Crippen LogP contribution is 2.44. The maximum absolute atomic E-state index is 12.5. The van der Waals surface area contributed by atoms with E-state index in [9.17, 15) is 14.7 Å². The summed E-state index contributed by atoms with van der Waals surface area (Å²) in [5, 5.41) is 12.2. The minimum atomic E-state index is -1.05. The maximum Gasteiger partial charge on any atom is 0.407 e. The topological polar surface area (TPSA) is 88.1 Å². The third-order valence-corrected chi connectivity index (χ3v) is 7.77. The van der Waals surface area contributed by atoms with E-state index in [1.54, 1.807) is 11.8 Å². The molecule has 1 saturated heterocycles. The summed E-state index contributed by atoms with van der Waals surface area (Å²) < 4.78 is 11.4. The number of carbonyl (C=O) groups excluding carboxylic acids is 1. The fraction of sp³-hybridized carbons (Fsp3) is 0.500.